The van der Waals surface area contributed by atoms with Crippen LogP contribution in [0.25, 0.3) is 5.70 Å². The summed E-state index contributed by atoms with van der Waals surface area (Å²) in [5.74, 6) is 2.43. The van der Waals surface area contributed by atoms with Gasteiger partial charge in [0.15, 0.2) is 12.0 Å². The maximum Gasteiger partial charge on any atom is 0.197 e. The quantitative estimate of drug-likeness (QED) is 0.583. The molecule has 4 nitrogen and oxygen atoms in total. The van der Waals surface area contributed by atoms with Gasteiger partial charge in [-0.15, -0.1) is 0 Å². The molecule has 0 bridgehead atoms. The van der Waals surface area contributed by atoms with Crippen LogP contribution in [0, 0.1) is 6.92 Å². The number of hydrazine groups is 1. The minimum Gasteiger partial charge on any atom is -0.469 e. The molecule has 136 valence electrons. The Morgan fingerprint density at radius 3 is 2.63 bits per heavy atom. The molecule has 0 saturated carbocycles. The summed E-state index contributed by atoms with van der Waals surface area (Å²) in [4.78, 5) is 0. The zero-order valence-corrected chi connectivity index (χ0v) is 16.0. The average Bonchev–Trinajstić information content (AvgIpc) is 3.28. The molecule has 2 aliphatic rings. The van der Waals surface area contributed by atoms with Crippen LogP contribution in [0.4, 0.5) is 0 Å². The van der Waals surface area contributed by atoms with Crippen LogP contribution in [0.5, 0.6) is 5.75 Å². The van der Waals surface area contributed by atoms with Gasteiger partial charge in [0.1, 0.15) is 11.5 Å². The van der Waals surface area contributed by atoms with Crippen LogP contribution in [0.1, 0.15) is 34.9 Å². The molecule has 2 aliphatic heterocycles. The van der Waals surface area contributed by atoms with Gasteiger partial charge in [-0.3, -0.25) is 0 Å². The third-order valence-electron chi connectivity index (χ3n) is 4.83. The molecular weight excluding hydrogens is 383 g/mol. The van der Waals surface area contributed by atoms with E-state index in [1.165, 1.54) is 0 Å². The Hall–Kier alpha value is -2.40. The highest BCUT2D eigenvalue weighted by Crippen LogP contribution is 2.47. The van der Waals surface area contributed by atoms with Crippen molar-refractivity contribution in [2.24, 2.45) is 0 Å². The molecule has 3 heterocycles. The van der Waals surface area contributed by atoms with E-state index in [9.17, 15) is 0 Å². The van der Waals surface area contributed by atoms with Crippen LogP contribution in [-0.2, 0) is 0 Å². The first kappa shape index (κ1) is 16.8. The smallest absolute Gasteiger partial charge is 0.197 e. The summed E-state index contributed by atoms with van der Waals surface area (Å²) in [6, 6.07) is 17.2. The van der Waals surface area contributed by atoms with E-state index in [4.69, 9.17) is 32.4 Å². The first-order valence-corrected chi connectivity index (χ1v) is 9.40. The highest BCUT2D eigenvalue weighted by atomic mass is 35.5. The molecule has 0 fully saturated rings. The number of hydrogen-bond acceptors (Lipinski definition) is 4. The van der Waals surface area contributed by atoms with E-state index in [0.717, 1.165) is 34.1 Å². The number of rotatable bonds is 2. The number of hydrogen-bond donors (Lipinski definition) is 1. The maximum atomic E-state index is 6.47. The third-order valence-corrected chi connectivity index (χ3v) is 5.41. The van der Waals surface area contributed by atoms with E-state index in [1.807, 2.05) is 66.5 Å². The Morgan fingerprint density at radius 1 is 1.00 bits per heavy atom. The lowest BCUT2D eigenvalue weighted by Gasteiger charge is -2.39. The van der Waals surface area contributed by atoms with Crippen LogP contribution in [0.2, 0.25) is 10.0 Å². The van der Waals surface area contributed by atoms with Crippen molar-refractivity contribution in [2.45, 2.75) is 19.2 Å². The van der Waals surface area contributed by atoms with Crippen molar-refractivity contribution < 1.29 is 9.15 Å². The van der Waals surface area contributed by atoms with Crippen molar-refractivity contribution in [1.29, 1.82) is 0 Å². The summed E-state index contributed by atoms with van der Waals surface area (Å²) in [7, 11) is 0. The lowest BCUT2D eigenvalue weighted by molar-refractivity contribution is -0.0327. The van der Waals surface area contributed by atoms with Gasteiger partial charge in [0.2, 0.25) is 0 Å². The van der Waals surface area contributed by atoms with Gasteiger partial charge in [-0.05, 0) is 49.4 Å². The summed E-state index contributed by atoms with van der Waals surface area (Å²) in [6.07, 6.45) is 1.74. The Kier molecular flexibility index (Phi) is 3.93. The number of nitrogens with zero attached hydrogens (tertiary/aromatic N) is 1. The molecule has 27 heavy (non-hydrogen) atoms. The minimum absolute atomic E-state index is 0.0610. The van der Waals surface area contributed by atoms with E-state index >= 15 is 0 Å². The van der Waals surface area contributed by atoms with E-state index in [2.05, 4.69) is 11.5 Å². The second kappa shape index (κ2) is 6.34. The predicted molar refractivity (Wildman–Crippen MR) is 105 cm³/mol. The van der Waals surface area contributed by atoms with Crippen LogP contribution >= 0.6 is 23.2 Å². The van der Waals surface area contributed by atoms with E-state index in [-0.39, 0.29) is 12.3 Å². The molecule has 2 unspecified atom stereocenters. The van der Waals surface area contributed by atoms with Gasteiger partial charge in [0, 0.05) is 21.2 Å². The average molecular weight is 399 g/mol. The number of fused-ring (bicyclic) bond motifs is 3. The second-order valence-corrected chi connectivity index (χ2v) is 7.47. The highest BCUT2D eigenvalue weighted by molar-refractivity contribution is 6.31. The van der Waals surface area contributed by atoms with Crippen LogP contribution in [-0.4, -0.2) is 5.01 Å². The summed E-state index contributed by atoms with van der Waals surface area (Å²) < 4.78 is 12.1. The van der Waals surface area contributed by atoms with Gasteiger partial charge in [0.25, 0.3) is 0 Å². The number of ether oxygens (including phenoxy) is 1. The molecule has 2 atom stereocenters. The van der Waals surface area contributed by atoms with Crippen molar-refractivity contribution in [3.8, 4) is 5.75 Å². The highest BCUT2D eigenvalue weighted by Gasteiger charge is 2.41. The third kappa shape index (κ3) is 2.81. The lowest BCUT2D eigenvalue weighted by atomic mass is 10.0. The van der Waals surface area contributed by atoms with E-state index in [0.29, 0.717) is 10.0 Å². The first-order chi connectivity index (χ1) is 13.1. The maximum absolute atomic E-state index is 6.47. The van der Waals surface area contributed by atoms with Gasteiger partial charge in [-0.25, -0.2) is 0 Å². The van der Waals surface area contributed by atoms with Gasteiger partial charge in [-0.2, -0.15) is 5.01 Å². The number of benzene rings is 2. The van der Waals surface area contributed by atoms with Crippen LogP contribution < -0.4 is 10.2 Å². The van der Waals surface area contributed by atoms with Crippen molar-refractivity contribution in [2.75, 3.05) is 0 Å². The van der Waals surface area contributed by atoms with Crippen molar-refractivity contribution in [3.05, 3.63) is 93.4 Å². The normalized spacial score (nSPS) is 21.1. The zero-order chi connectivity index (χ0) is 18.5. The Morgan fingerprint density at radius 2 is 1.85 bits per heavy atom. The summed E-state index contributed by atoms with van der Waals surface area (Å²) in [5.41, 5.74) is 6.21. The fourth-order valence-corrected chi connectivity index (χ4v) is 3.98. The van der Waals surface area contributed by atoms with Crippen LogP contribution in [0.15, 0.2) is 65.1 Å². The Balaban J connectivity index is 1.62. The van der Waals surface area contributed by atoms with Gasteiger partial charge in [-0.1, -0.05) is 41.4 Å². The standard InChI is InChI=1S/C21H16Cl2N2O2/c1-12-6-8-20(26-12)17-11-18-15-10-13(22)7-9-19(15)27-21(25(18)24-17)14-4-2-3-5-16(14)23/h2-11,18,21,24H,1H3. The van der Waals surface area contributed by atoms with Crippen molar-refractivity contribution >= 4 is 28.9 Å². The number of aryl methyl sites for hydroxylation is 1. The monoisotopic (exact) mass is 398 g/mol. The molecule has 0 amide bonds. The van der Waals surface area contributed by atoms with Crippen molar-refractivity contribution in [3.63, 3.8) is 0 Å². The fraction of sp³-hybridized carbons (Fsp3) is 0.143. The molecular formula is C21H16Cl2N2O2. The summed E-state index contributed by atoms with van der Waals surface area (Å²) >= 11 is 12.7. The van der Waals surface area contributed by atoms with Crippen LogP contribution in [0.3, 0.4) is 0 Å². The van der Waals surface area contributed by atoms with Gasteiger partial charge >= 0.3 is 0 Å². The molecule has 5 rings (SSSR count). The van der Waals surface area contributed by atoms with E-state index < -0.39 is 0 Å². The number of nitrogens with one attached hydrogen (secondary N) is 1. The molecule has 3 aromatic rings. The molecule has 0 saturated heterocycles. The molecule has 0 radical (unpaired) electrons. The minimum atomic E-state index is -0.387. The molecule has 1 aromatic heterocycles. The zero-order valence-electron chi connectivity index (χ0n) is 14.4. The second-order valence-electron chi connectivity index (χ2n) is 6.63. The fourth-order valence-electron chi connectivity index (χ4n) is 3.57. The molecule has 0 spiro atoms. The van der Waals surface area contributed by atoms with Crippen molar-refractivity contribution in [1.82, 2.24) is 10.4 Å². The lowest BCUT2D eigenvalue weighted by Crippen LogP contribution is -2.43. The molecule has 6 heteroatoms. The summed E-state index contributed by atoms with van der Waals surface area (Å²) in [6.45, 7) is 1.93. The van der Waals surface area contributed by atoms with Gasteiger partial charge in [0.05, 0.1) is 11.7 Å². The number of furan rings is 1. The molecule has 2 aromatic carbocycles. The SMILES string of the molecule is Cc1ccc(C2=CC3c4cc(Cl)ccc4OC(c4ccccc4Cl)N3N2)o1. The Labute approximate surface area is 166 Å². The van der Waals surface area contributed by atoms with E-state index in [1.54, 1.807) is 0 Å². The first-order valence-electron chi connectivity index (χ1n) is 8.64. The summed E-state index contributed by atoms with van der Waals surface area (Å²) in [5, 5.41) is 3.36. The number of halogens is 2. The molecule has 0 aliphatic carbocycles. The van der Waals surface area contributed by atoms with Gasteiger partial charge < -0.3 is 14.6 Å². The largest absolute Gasteiger partial charge is 0.469 e. The topological polar surface area (TPSA) is 37.6 Å². The Bertz CT molecular complexity index is 1060. The predicted octanol–water partition coefficient (Wildman–Crippen LogP) is 5.89. The molecule has 1 N–H and O–H groups in total.